The van der Waals surface area contributed by atoms with E-state index < -0.39 is 0 Å². The lowest BCUT2D eigenvalue weighted by Gasteiger charge is -2.36. The van der Waals surface area contributed by atoms with Gasteiger partial charge in [0, 0.05) is 19.5 Å². The number of nitrogens with two attached hydrogens (primary N) is 1. The summed E-state index contributed by atoms with van der Waals surface area (Å²) < 4.78 is 13.1. The molecule has 29 heavy (non-hydrogen) atoms. The molecule has 1 unspecified atom stereocenters. The molecule has 0 radical (unpaired) electrons. The number of rotatable bonds is 5. The van der Waals surface area contributed by atoms with Crippen LogP contribution in [0.15, 0.2) is 47.3 Å². The van der Waals surface area contributed by atoms with Crippen molar-refractivity contribution in [3.8, 4) is 0 Å². The highest BCUT2D eigenvalue weighted by atomic mass is 19.1. The number of piperidine rings is 1. The third-order valence-corrected chi connectivity index (χ3v) is 6.00. The molecule has 1 saturated heterocycles. The van der Waals surface area contributed by atoms with E-state index in [1.807, 2.05) is 31.2 Å². The van der Waals surface area contributed by atoms with Crippen LogP contribution in [-0.4, -0.2) is 34.1 Å². The Labute approximate surface area is 169 Å². The molecule has 4 rings (SSSR count). The number of para-hydroxylation sites is 1. The van der Waals surface area contributed by atoms with Crippen LogP contribution in [0.2, 0.25) is 0 Å². The van der Waals surface area contributed by atoms with Gasteiger partial charge in [0.2, 0.25) is 0 Å². The maximum Gasteiger partial charge on any atom is 0.258 e. The van der Waals surface area contributed by atoms with Crippen LogP contribution >= 0.6 is 0 Å². The van der Waals surface area contributed by atoms with E-state index >= 15 is 0 Å². The molecule has 0 bridgehead atoms. The summed E-state index contributed by atoms with van der Waals surface area (Å²) in [5, 5.41) is 0.626. The molecule has 1 aliphatic heterocycles. The minimum absolute atomic E-state index is 0.0676. The Bertz CT molecular complexity index is 1040. The average Bonchev–Trinajstić information content (AvgIpc) is 2.73. The van der Waals surface area contributed by atoms with Crippen LogP contribution < -0.4 is 11.3 Å². The molecule has 1 aromatic heterocycles. The molecule has 152 valence electrons. The number of benzene rings is 2. The van der Waals surface area contributed by atoms with Crippen LogP contribution in [0.5, 0.6) is 0 Å². The highest BCUT2D eigenvalue weighted by Gasteiger charge is 2.24. The molecule has 1 atom stereocenters. The fraction of sp³-hybridized carbons (Fsp3) is 0.391. The van der Waals surface area contributed by atoms with Gasteiger partial charge in [-0.05, 0) is 61.4 Å². The highest BCUT2D eigenvalue weighted by molar-refractivity contribution is 5.80. The predicted octanol–water partition coefficient (Wildman–Crippen LogP) is 3.47. The quantitative estimate of drug-likeness (QED) is 0.695. The van der Waals surface area contributed by atoms with Gasteiger partial charge in [-0.1, -0.05) is 24.3 Å². The number of hydrogen-bond donors (Lipinski definition) is 2. The molecule has 2 aromatic carbocycles. The lowest BCUT2D eigenvalue weighted by molar-refractivity contribution is 0.147. The van der Waals surface area contributed by atoms with Crippen molar-refractivity contribution in [2.24, 2.45) is 5.73 Å². The van der Waals surface area contributed by atoms with Crippen molar-refractivity contribution in [1.82, 2.24) is 14.9 Å². The van der Waals surface area contributed by atoms with Gasteiger partial charge in [-0.15, -0.1) is 0 Å². The predicted molar refractivity (Wildman–Crippen MR) is 113 cm³/mol. The highest BCUT2D eigenvalue weighted by Crippen LogP contribution is 2.28. The second kappa shape index (κ2) is 8.43. The molecule has 3 N–H and O–H groups in total. The first kappa shape index (κ1) is 19.7. The first-order valence-corrected chi connectivity index (χ1v) is 10.2. The van der Waals surface area contributed by atoms with Gasteiger partial charge in [0.15, 0.2) is 0 Å². The summed E-state index contributed by atoms with van der Waals surface area (Å²) in [5.41, 5.74) is 9.31. The van der Waals surface area contributed by atoms with Gasteiger partial charge in [0.1, 0.15) is 11.6 Å². The maximum absolute atomic E-state index is 13.1. The third-order valence-electron chi connectivity index (χ3n) is 6.00. The summed E-state index contributed by atoms with van der Waals surface area (Å²) in [6.45, 7) is 3.81. The molecule has 6 heteroatoms. The summed E-state index contributed by atoms with van der Waals surface area (Å²) >= 11 is 0. The van der Waals surface area contributed by atoms with E-state index in [1.165, 1.54) is 17.7 Å². The molecule has 1 fully saturated rings. The summed E-state index contributed by atoms with van der Waals surface area (Å²) in [4.78, 5) is 22.2. The van der Waals surface area contributed by atoms with Crippen LogP contribution in [0.25, 0.3) is 10.9 Å². The fourth-order valence-corrected chi connectivity index (χ4v) is 4.24. The molecule has 0 amide bonds. The van der Waals surface area contributed by atoms with Gasteiger partial charge in [0.25, 0.3) is 5.56 Å². The monoisotopic (exact) mass is 394 g/mol. The summed E-state index contributed by atoms with van der Waals surface area (Å²) in [7, 11) is 0. The van der Waals surface area contributed by atoms with Crippen molar-refractivity contribution in [1.29, 1.82) is 0 Å². The lowest BCUT2D eigenvalue weighted by atomic mass is 9.89. The summed E-state index contributed by atoms with van der Waals surface area (Å²) in [5.74, 6) is 0.956. The van der Waals surface area contributed by atoms with Crippen molar-refractivity contribution >= 4 is 10.9 Å². The number of nitrogens with one attached hydrogen (secondary N) is 1. The van der Waals surface area contributed by atoms with Crippen molar-refractivity contribution in [2.45, 2.75) is 44.7 Å². The number of nitrogens with zero attached hydrogens (tertiary/aromatic N) is 2. The average molecular weight is 394 g/mol. The van der Waals surface area contributed by atoms with Gasteiger partial charge in [-0.2, -0.15) is 0 Å². The van der Waals surface area contributed by atoms with Crippen LogP contribution in [0.1, 0.15) is 42.1 Å². The Morgan fingerprint density at radius 3 is 2.66 bits per heavy atom. The van der Waals surface area contributed by atoms with Crippen molar-refractivity contribution in [2.75, 3.05) is 13.1 Å². The smallest absolute Gasteiger partial charge is 0.258 e. The van der Waals surface area contributed by atoms with Crippen LogP contribution in [0.4, 0.5) is 4.39 Å². The SMILES string of the molecule is Cc1cccc2c(=O)[nH]c(CCC(N)N3CCC(c4ccc(F)cc4)CC3)nc12. The fourth-order valence-electron chi connectivity index (χ4n) is 4.24. The first-order valence-electron chi connectivity index (χ1n) is 10.2. The topological polar surface area (TPSA) is 75.0 Å². The number of aromatic nitrogens is 2. The van der Waals surface area contributed by atoms with Gasteiger partial charge in [0.05, 0.1) is 17.1 Å². The molecule has 0 aliphatic carbocycles. The molecule has 3 aromatic rings. The summed E-state index contributed by atoms with van der Waals surface area (Å²) in [6.07, 6.45) is 3.34. The van der Waals surface area contributed by atoms with Gasteiger partial charge in [-0.25, -0.2) is 9.37 Å². The second-order valence-electron chi connectivity index (χ2n) is 7.95. The minimum atomic E-state index is -0.191. The molecule has 5 nitrogen and oxygen atoms in total. The third kappa shape index (κ3) is 4.38. The second-order valence-corrected chi connectivity index (χ2v) is 7.95. The Hall–Kier alpha value is -2.57. The first-order chi connectivity index (χ1) is 14.0. The number of H-pyrrole nitrogens is 1. The molecular weight excluding hydrogens is 367 g/mol. The van der Waals surface area contributed by atoms with Gasteiger partial charge < -0.3 is 10.7 Å². The van der Waals surface area contributed by atoms with Crippen molar-refractivity contribution < 1.29 is 4.39 Å². The zero-order valence-corrected chi connectivity index (χ0v) is 16.7. The van der Waals surface area contributed by atoms with Crippen molar-refractivity contribution in [3.05, 3.63) is 75.6 Å². The Morgan fingerprint density at radius 2 is 1.93 bits per heavy atom. The standard InChI is InChI=1S/C23H27FN4O/c1-15-3-2-4-19-22(15)26-21(27-23(19)29)10-9-20(25)28-13-11-17(12-14-28)16-5-7-18(24)8-6-16/h2-8,17,20H,9-14,25H2,1H3,(H,26,27,29). The van der Waals surface area contributed by atoms with Crippen molar-refractivity contribution in [3.63, 3.8) is 0 Å². The number of likely N-dealkylation sites (tertiary alicyclic amines) is 1. The zero-order chi connectivity index (χ0) is 20.4. The molecule has 0 saturated carbocycles. The van der Waals surface area contributed by atoms with E-state index in [0.29, 0.717) is 23.5 Å². The number of aryl methyl sites for hydroxylation is 2. The van der Waals surface area contributed by atoms with E-state index in [0.717, 1.165) is 43.4 Å². The molecule has 2 heterocycles. The zero-order valence-electron chi connectivity index (χ0n) is 16.7. The lowest BCUT2D eigenvalue weighted by Crippen LogP contribution is -2.46. The Balaban J connectivity index is 1.35. The maximum atomic E-state index is 13.1. The van der Waals surface area contributed by atoms with E-state index in [1.54, 1.807) is 6.07 Å². The number of halogens is 1. The van der Waals surface area contributed by atoms with Crippen LogP contribution in [0.3, 0.4) is 0 Å². The van der Waals surface area contributed by atoms with Crippen LogP contribution in [-0.2, 0) is 6.42 Å². The normalized spacial score (nSPS) is 16.9. The van der Waals surface area contributed by atoms with Gasteiger partial charge >= 0.3 is 0 Å². The Morgan fingerprint density at radius 1 is 1.21 bits per heavy atom. The molecular formula is C23H27FN4O. The Kier molecular flexibility index (Phi) is 5.74. The number of hydrogen-bond acceptors (Lipinski definition) is 4. The minimum Gasteiger partial charge on any atom is -0.316 e. The number of aromatic amines is 1. The van der Waals surface area contributed by atoms with E-state index in [2.05, 4.69) is 14.9 Å². The van der Waals surface area contributed by atoms with E-state index in [9.17, 15) is 9.18 Å². The molecule has 0 spiro atoms. The van der Waals surface area contributed by atoms with Crippen LogP contribution in [0, 0.1) is 12.7 Å². The number of fused-ring (bicyclic) bond motifs is 1. The van der Waals surface area contributed by atoms with E-state index in [4.69, 9.17) is 5.73 Å². The van der Waals surface area contributed by atoms with Gasteiger partial charge in [-0.3, -0.25) is 9.69 Å². The van der Waals surface area contributed by atoms with E-state index in [-0.39, 0.29) is 17.5 Å². The largest absolute Gasteiger partial charge is 0.316 e. The summed E-state index contributed by atoms with van der Waals surface area (Å²) in [6, 6.07) is 12.5. The molecule has 1 aliphatic rings.